The lowest BCUT2D eigenvalue weighted by atomic mass is 10.1. The smallest absolute Gasteiger partial charge is 0.429 e. The van der Waals surface area contributed by atoms with Crippen LogP contribution >= 0.6 is 0 Å². The van der Waals surface area contributed by atoms with Crippen molar-refractivity contribution in [3.8, 4) is 12.1 Å². The van der Waals surface area contributed by atoms with Gasteiger partial charge in [-0.3, -0.25) is 0 Å². The van der Waals surface area contributed by atoms with Crippen molar-refractivity contribution in [2.45, 2.75) is 78.7 Å². The van der Waals surface area contributed by atoms with E-state index in [4.69, 9.17) is 10.5 Å². The molecule has 26 heavy (non-hydrogen) atoms. The van der Waals surface area contributed by atoms with Gasteiger partial charge in [0.1, 0.15) is 0 Å². The molecule has 0 rings (SSSR count). The van der Waals surface area contributed by atoms with Crippen LogP contribution in [0.4, 0.5) is 9.59 Å². The largest absolute Gasteiger partial charge is 0.550 e. The van der Waals surface area contributed by atoms with Crippen LogP contribution in [-0.2, 0) is 19.2 Å². The number of nitriles is 2. The summed E-state index contributed by atoms with van der Waals surface area (Å²) in [4.78, 5) is 29.3. The fourth-order valence-electron chi connectivity index (χ4n) is 0.787. The Bertz CT molecular complexity index is 520. The van der Waals surface area contributed by atoms with Gasteiger partial charge in [0.2, 0.25) is 0 Å². The van der Waals surface area contributed by atoms with Gasteiger partial charge in [-0.15, -0.1) is 0 Å². The van der Waals surface area contributed by atoms with Crippen LogP contribution in [0.15, 0.2) is 10.2 Å². The fraction of sp³-hybridized carbons (Fsp3) is 0.750. The summed E-state index contributed by atoms with van der Waals surface area (Å²) in [7, 11) is 0. The van der Waals surface area contributed by atoms with Crippen molar-refractivity contribution in [3.05, 3.63) is 0 Å². The highest BCUT2D eigenvalue weighted by atomic mass is 17.3. The lowest BCUT2D eigenvalue weighted by Crippen LogP contribution is -2.18. The number of nitrogens with zero attached hydrogens (tertiary/aromatic N) is 4. The van der Waals surface area contributed by atoms with Gasteiger partial charge < -0.3 is 9.47 Å². The zero-order valence-corrected chi connectivity index (χ0v) is 16.4. The van der Waals surface area contributed by atoms with Gasteiger partial charge in [0.25, 0.3) is 0 Å². The number of ether oxygens (including phenoxy) is 2. The molecule has 0 aromatic rings. The van der Waals surface area contributed by atoms with Crippen LogP contribution in [0.25, 0.3) is 0 Å². The highest BCUT2D eigenvalue weighted by molar-refractivity contribution is 5.63. The molecule has 0 saturated carbocycles. The molecule has 0 N–H and O–H groups in total. The van der Waals surface area contributed by atoms with Gasteiger partial charge in [0.15, 0.2) is 11.1 Å². The fourth-order valence-corrected chi connectivity index (χ4v) is 0.787. The second kappa shape index (κ2) is 11.6. The lowest BCUT2D eigenvalue weighted by molar-refractivity contribution is -0.222. The summed E-state index contributed by atoms with van der Waals surface area (Å²) in [6.07, 6.45) is -2.85. The molecule has 0 atom stereocenters. The molecular weight excluding hydrogens is 344 g/mol. The minimum absolute atomic E-state index is 0.341. The maximum Gasteiger partial charge on any atom is 0.550 e. The number of hydrogen-bond acceptors (Lipinski definition) is 10. The standard InChI is InChI=1S/C8H12N4.C8H14O6/c1-7(2,5-9)11-12-8(3,4)6-10;1-5(2)11-7(9)13-14-8(10)12-6(3)4/h1-4H3;5-6H,1-4H3/b12-11+;. The number of carbonyl (C=O) groups is 2. The van der Waals surface area contributed by atoms with Gasteiger partial charge in [0, 0.05) is 0 Å². The van der Waals surface area contributed by atoms with Crippen LogP contribution in [0.5, 0.6) is 0 Å². The van der Waals surface area contributed by atoms with Gasteiger partial charge in [-0.1, -0.05) is 0 Å². The van der Waals surface area contributed by atoms with Crippen molar-refractivity contribution in [1.82, 2.24) is 0 Å². The molecule has 0 spiro atoms. The maximum absolute atomic E-state index is 10.7. The molecule has 10 nitrogen and oxygen atoms in total. The van der Waals surface area contributed by atoms with Gasteiger partial charge in [-0.05, 0) is 55.4 Å². The molecule has 0 aliphatic rings. The summed E-state index contributed by atoms with van der Waals surface area (Å²) < 4.78 is 9.02. The Kier molecular flexibility index (Phi) is 11.3. The Balaban J connectivity index is 0. The molecule has 0 saturated heterocycles. The van der Waals surface area contributed by atoms with Crippen molar-refractivity contribution in [2.75, 3.05) is 0 Å². The third-order valence-electron chi connectivity index (χ3n) is 1.94. The van der Waals surface area contributed by atoms with Crippen LogP contribution in [0.1, 0.15) is 55.4 Å². The van der Waals surface area contributed by atoms with E-state index >= 15 is 0 Å². The van der Waals surface area contributed by atoms with Gasteiger partial charge in [0.05, 0.1) is 24.3 Å². The summed E-state index contributed by atoms with van der Waals surface area (Å²) in [5.41, 5.74) is -1.68. The van der Waals surface area contributed by atoms with Crippen molar-refractivity contribution >= 4 is 12.3 Å². The first-order valence-electron chi connectivity index (χ1n) is 7.77. The molecule has 0 amide bonds. The Morgan fingerprint density at radius 3 is 1.23 bits per heavy atom. The Hall–Kier alpha value is -2.88. The van der Waals surface area contributed by atoms with E-state index in [0.717, 1.165) is 0 Å². The lowest BCUT2D eigenvalue weighted by Gasteiger charge is -2.11. The van der Waals surface area contributed by atoms with Crippen LogP contribution in [0.3, 0.4) is 0 Å². The summed E-state index contributed by atoms with van der Waals surface area (Å²) in [5.74, 6) is 0. The third kappa shape index (κ3) is 16.0. The Morgan fingerprint density at radius 1 is 0.769 bits per heavy atom. The predicted molar refractivity (Wildman–Crippen MR) is 89.6 cm³/mol. The highest BCUT2D eigenvalue weighted by Crippen LogP contribution is 2.13. The van der Waals surface area contributed by atoms with Crippen molar-refractivity contribution in [2.24, 2.45) is 10.2 Å². The molecule has 0 bridgehead atoms. The maximum atomic E-state index is 10.7. The minimum atomic E-state index is -1.08. The van der Waals surface area contributed by atoms with E-state index in [1.165, 1.54) is 0 Å². The highest BCUT2D eigenvalue weighted by Gasteiger charge is 2.19. The summed E-state index contributed by atoms with van der Waals surface area (Å²) in [5, 5.41) is 24.7. The molecule has 0 aliphatic carbocycles. The number of azo groups is 1. The summed E-state index contributed by atoms with van der Waals surface area (Å²) in [6, 6.07) is 3.94. The Labute approximate surface area is 153 Å². The molecule has 0 aromatic heterocycles. The van der Waals surface area contributed by atoms with Crippen LogP contribution in [0, 0.1) is 22.7 Å². The first-order valence-corrected chi connectivity index (χ1v) is 7.77. The van der Waals surface area contributed by atoms with Crippen molar-refractivity contribution < 1.29 is 28.8 Å². The van der Waals surface area contributed by atoms with E-state index in [9.17, 15) is 9.59 Å². The van der Waals surface area contributed by atoms with Gasteiger partial charge in [-0.25, -0.2) is 0 Å². The first kappa shape index (κ1) is 25.4. The van der Waals surface area contributed by atoms with E-state index in [1.807, 2.05) is 12.1 Å². The summed E-state index contributed by atoms with van der Waals surface area (Å²) >= 11 is 0. The Morgan fingerprint density at radius 2 is 1.04 bits per heavy atom. The third-order valence-corrected chi connectivity index (χ3v) is 1.94. The van der Waals surface area contributed by atoms with E-state index in [-0.39, 0.29) is 12.2 Å². The van der Waals surface area contributed by atoms with Crippen LogP contribution in [-0.4, -0.2) is 35.6 Å². The predicted octanol–water partition coefficient (Wildman–Crippen LogP) is 4.07. The first-order chi connectivity index (χ1) is 11.7. The molecule has 0 aromatic carbocycles. The van der Waals surface area contributed by atoms with Crippen LogP contribution < -0.4 is 0 Å². The van der Waals surface area contributed by atoms with Crippen molar-refractivity contribution in [3.63, 3.8) is 0 Å². The zero-order chi connectivity index (χ0) is 21.0. The van der Waals surface area contributed by atoms with Crippen molar-refractivity contribution in [1.29, 1.82) is 10.5 Å². The van der Waals surface area contributed by atoms with Gasteiger partial charge in [-0.2, -0.15) is 40.1 Å². The second-order valence-electron chi connectivity index (χ2n) is 6.54. The van der Waals surface area contributed by atoms with Crippen LogP contribution in [0.2, 0.25) is 0 Å². The topological polar surface area (TPSA) is 143 Å². The number of rotatable bonds is 4. The molecule has 10 heteroatoms. The molecule has 0 radical (unpaired) electrons. The molecule has 0 aliphatic heterocycles. The molecule has 0 fully saturated rings. The minimum Gasteiger partial charge on any atom is -0.429 e. The normalized spacial score (nSPS) is 11.1. The molecular formula is C16H26N4O6. The second-order valence-corrected chi connectivity index (χ2v) is 6.54. The zero-order valence-electron chi connectivity index (χ0n) is 16.4. The average Bonchev–Trinajstić information content (AvgIpc) is 2.51. The van der Waals surface area contributed by atoms with E-state index in [1.54, 1.807) is 55.4 Å². The quantitative estimate of drug-likeness (QED) is 0.312. The van der Waals surface area contributed by atoms with Gasteiger partial charge >= 0.3 is 12.3 Å². The number of hydrogen-bond donors (Lipinski definition) is 0. The van der Waals surface area contributed by atoms with E-state index in [2.05, 4.69) is 29.5 Å². The van der Waals surface area contributed by atoms with E-state index in [0.29, 0.717) is 0 Å². The average molecular weight is 370 g/mol. The summed E-state index contributed by atoms with van der Waals surface area (Å²) in [6.45, 7) is 13.1. The van der Waals surface area contributed by atoms with E-state index < -0.39 is 23.4 Å². The molecule has 146 valence electrons. The SMILES string of the molecule is CC(C)(C#N)/N=N/C(C)(C)C#N.CC(C)OC(=O)OOC(=O)OC(C)C. The molecule has 0 heterocycles. The monoisotopic (exact) mass is 370 g/mol. The number of carbonyl (C=O) groups excluding carboxylic acids is 2. The molecule has 0 unspecified atom stereocenters.